The first-order valence-electron chi connectivity index (χ1n) is 6.69. The van der Waals surface area contributed by atoms with Crippen LogP contribution >= 0.6 is 0 Å². The molecule has 0 saturated carbocycles. The van der Waals surface area contributed by atoms with E-state index in [0.29, 0.717) is 6.54 Å². The normalized spacial score (nSPS) is 10.1. The van der Waals surface area contributed by atoms with Gasteiger partial charge in [0.25, 0.3) is 5.91 Å². The summed E-state index contributed by atoms with van der Waals surface area (Å²) in [7, 11) is 0. The molecular weight excluding hydrogens is 246 g/mol. The van der Waals surface area contributed by atoms with Crippen molar-refractivity contribution >= 4 is 11.6 Å². The average molecular weight is 265 g/mol. The van der Waals surface area contributed by atoms with Gasteiger partial charge in [-0.25, -0.2) is 0 Å². The highest BCUT2D eigenvalue weighted by Crippen LogP contribution is 2.20. The van der Waals surface area contributed by atoms with Gasteiger partial charge in [-0.2, -0.15) is 0 Å². The lowest BCUT2D eigenvalue weighted by Crippen LogP contribution is -2.31. The van der Waals surface area contributed by atoms with Crippen LogP contribution in [0.2, 0.25) is 0 Å². The maximum Gasteiger partial charge on any atom is 0.258 e. The third-order valence-electron chi connectivity index (χ3n) is 3.46. The van der Waals surface area contributed by atoms with Gasteiger partial charge in [0.2, 0.25) is 0 Å². The number of hydrogen-bond donors (Lipinski definition) is 0. The molecule has 0 unspecified atom stereocenters. The first-order valence-corrected chi connectivity index (χ1v) is 6.69. The largest absolute Gasteiger partial charge is 0.305 e. The van der Waals surface area contributed by atoms with Crippen molar-refractivity contribution in [3.63, 3.8) is 0 Å². The van der Waals surface area contributed by atoms with Crippen LogP contribution in [-0.4, -0.2) is 12.5 Å². The Bertz CT molecular complexity index is 617. The summed E-state index contributed by atoms with van der Waals surface area (Å²) in [6.45, 7) is 8.25. The molecule has 0 aliphatic rings. The standard InChI is InChI=1S/C18H19NO/c1-4-13-19(16-10-6-5-7-11-16)18(20)17-12-8-9-14(2)15(17)3/h4-12H,1,13H2,2-3H3. The molecule has 102 valence electrons. The third-order valence-corrected chi connectivity index (χ3v) is 3.46. The molecule has 0 saturated heterocycles. The molecule has 0 N–H and O–H groups in total. The van der Waals surface area contributed by atoms with Crippen LogP contribution in [0.3, 0.4) is 0 Å². The van der Waals surface area contributed by atoms with E-state index in [1.807, 2.05) is 62.4 Å². The fourth-order valence-electron chi connectivity index (χ4n) is 2.17. The highest BCUT2D eigenvalue weighted by molar-refractivity contribution is 6.07. The number of aryl methyl sites for hydroxylation is 1. The summed E-state index contributed by atoms with van der Waals surface area (Å²) in [5.41, 5.74) is 3.79. The van der Waals surface area contributed by atoms with E-state index in [1.54, 1.807) is 11.0 Å². The van der Waals surface area contributed by atoms with Gasteiger partial charge in [0.05, 0.1) is 0 Å². The van der Waals surface area contributed by atoms with Gasteiger partial charge in [-0.15, -0.1) is 6.58 Å². The van der Waals surface area contributed by atoms with Gasteiger partial charge < -0.3 is 4.90 Å². The van der Waals surface area contributed by atoms with Crippen molar-refractivity contribution in [1.82, 2.24) is 0 Å². The van der Waals surface area contributed by atoms with Crippen LogP contribution in [0, 0.1) is 13.8 Å². The second-order valence-electron chi connectivity index (χ2n) is 4.79. The highest BCUT2D eigenvalue weighted by atomic mass is 16.2. The number of rotatable bonds is 4. The summed E-state index contributed by atoms with van der Waals surface area (Å²) >= 11 is 0. The second kappa shape index (κ2) is 6.20. The van der Waals surface area contributed by atoms with E-state index in [-0.39, 0.29) is 5.91 Å². The van der Waals surface area contributed by atoms with Crippen molar-refractivity contribution in [3.05, 3.63) is 77.9 Å². The number of para-hydroxylation sites is 1. The molecule has 0 bridgehead atoms. The number of amides is 1. The number of carbonyl (C=O) groups excluding carboxylic acids is 1. The number of anilines is 1. The maximum absolute atomic E-state index is 12.8. The monoisotopic (exact) mass is 265 g/mol. The maximum atomic E-state index is 12.8. The van der Waals surface area contributed by atoms with E-state index in [0.717, 1.165) is 22.4 Å². The van der Waals surface area contributed by atoms with E-state index < -0.39 is 0 Å². The fraction of sp³-hybridized carbons (Fsp3) is 0.167. The van der Waals surface area contributed by atoms with Crippen LogP contribution in [0.15, 0.2) is 61.2 Å². The van der Waals surface area contributed by atoms with Crippen LogP contribution in [0.25, 0.3) is 0 Å². The Morgan fingerprint density at radius 1 is 1.10 bits per heavy atom. The van der Waals surface area contributed by atoms with Crippen molar-refractivity contribution in [2.75, 3.05) is 11.4 Å². The zero-order valence-electron chi connectivity index (χ0n) is 12.0. The van der Waals surface area contributed by atoms with Crippen LogP contribution in [0.5, 0.6) is 0 Å². The molecule has 0 aromatic heterocycles. The average Bonchev–Trinajstić information content (AvgIpc) is 2.48. The van der Waals surface area contributed by atoms with Gasteiger partial charge >= 0.3 is 0 Å². The molecule has 2 aromatic carbocycles. The van der Waals surface area contributed by atoms with E-state index in [1.165, 1.54) is 0 Å². The van der Waals surface area contributed by atoms with E-state index in [4.69, 9.17) is 0 Å². The van der Waals surface area contributed by atoms with Gasteiger partial charge in [0.1, 0.15) is 0 Å². The minimum absolute atomic E-state index is 0.0114. The van der Waals surface area contributed by atoms with E-state index in [9.17, 15) is 4.79 Å². The van der Waals surface area contributed by atoms with E-state index >= 15 is 0 Å². The zero-order valence-corrected chi connectivity index (χ0v) is 12.0. The van der Waals surface area contributed by atoms with Crippen molar-refractivity contribution < 1.29 is 4.79 Å². The van der Waals surface area contributed by atoms with Gasteiger partial charge in [-0.05, 0) is 43.2 Å². The molecule has 1 amide bonds. The summed E-state index contributed by atoms with van der Waals surface area (Å²) in [5.74, 6) is 0.0114. The quantitative estimate of drug-likeness (QED) is 0.761. The third kappa shape index (κ3) is 2.80. The van der Waals surface area contributed by atoms with Crippen molar-refractivity contribution in [2.24, 2.45) is 0 Å². The zero-order chi connectivity index (χ0) is 14.5. The molecule has 0 heterocycles. The minimum atomic E-state index is 0.0114. The van der Waals surface area contributed by atoms with Crippen LogP contribution in [-0.2, 0) is 0 Å². The smallest absolute Gasteiger partial charge is 0.258 e. The van der Waals surface area contributed by atoms with Crippen LogP contribution < -0.4 is 4.90 Å². The van der Waals surface area contributed by atoms with Gasteiger partial charge in [-0.1, -0.05) is 36.4 Å². The van der Waals surface area contributed by atoms with Crippen LogP contribution in [0.4, 0.5) is 5.69 Å². The number of hydrogen-bond acceptors (Lipinski definition) is 1. The Morgan fingerprint density at radius 2 is 1.80 bits per heavy atom. The molecule has 0 spiro atoms. The topological polar surface area (TPSA) is 20.3 Å². The SMILES string of the molecule is C=CCN(C(=O)c1cccc(C)c1C)c1ccccc1. The molecule has 0 fully saturated rings. The summed E-state index contributed by atoms with van der Waals surface area (Å²) in [6.07, 6.45) is 1.75. The van der Waals surface area contributed by atoms with Gasteiger partial charge in [-0.3, -0.25) is 4.79 Å². The lowest BCUT2D eigenvalue weighted by atomic mass is 10.0. The Kier molecular flexibility index (Phi) is 4.36. The van der Waals surface area contributed by atoms with E-state index in [2.05, 4.69) is 6.58 Å². The molecule has 2 aromatic rings. The Labute approximate surface area is 120 Å². The summed E-state index contributed by atoms with van der Waals surface area (Å²) in [6, 6.07) is 15.5. The number of benzene rings is 2. The molecule has 2 rings (SSSR count). The predicted octanol–water partition coefficient (Wildman–Crippen LogP) is 4.14. The number of nitrogens with zero attached hydrogens (tertiary/aromatic N) is 1. The Balaban J connectivity index is 2.42. The highest BCUT2D eigenvalue weighted by Gasteiger charge is 2.18. The minimum Gasteiger partial charge on any atom is -0.305 e. The fourth-order valence-corrected chi connectivity index (χ4v) is 2.17. The summed E-state index contributed by atoms with van der Waals surface area (Å²) < 4.78 is 0. The van der Waals surface area contributed by atoms with Crippen LogP contribution in [0.1, 0.15) is 21.5 Å². The molecule has 20 heavy (non-hydrogen) atoms. The first kappa shape index (κ1) is 14.1. The summed E-state index contributed by atoms with van der Waals surface area (Å²) in [4.78, 5) is 14.5. The van der Waals surface area contributed by atoms with Gasteiger partial charge in [0.15, 0.2) is 0 Å². The van der Waals surface area contributed by atoms with Crippen molar-refractivity contribution in [1.29, 1.82) is 0 Å². The van der Waals surface area contributed by atoms with Gasteiger partial charge in [0, 0.05) is 17.8 Å². The lowest BCUT2D eigenvalue weighted by molar-refractivity contribution is 0.0989. The Morgan fingerprint density at radius 3 is 2.45 bits per heavy atom. The molecule has 0 aliphatic carbocycles. The molecule has 0 aliphatic heterocycles. The predicted molar refractivity (Wildman–Crippen MR) is 84.2 cm³/mol. The molecule has 2 nitrogen and oxygen atoms in total. The van der Waals surface area contributed by atoms with Crippen molar-refractivity contribution in [2.45, 2.75) is 13.8 Å². The summed E-state index contributed by atoms with van der Waals surface area (Å²) in [5, 5.41) is 0. The molecule has 0 atom stereocenters. The first-order chi connectivity index (χ1) is 9.65. The molecular formula is C18H19NO. The lowest BCUT2D eigenvalue weighted by Gasteiger charge is -2.22. The molecule has 2 heteroatoms. The molecule has 0 radical (unpaired) electrons. The van der Waals surface area contributed by atoms with Crippen molar-refractivity contribution in [3.8, 4) is 0 Å². The second-order valence-corrected chi connectivity index (χ2v) is 4.79. The number of carbonyl (C=O) groups is 1. The Hall–Kier alpha value is -2.35.